The van der Waals surface area contributed by atoms with Gasteiger partial charge in [-0.3, -0.25) is 25.0 Å². The van der Waals surface area contributed by atoms with Gasteiger partial charge in [0.2, 0.25) is 0 Å². The Labute approximate surface area is 170 Å². The summed E-state index contributed by atoms with van der Waals surface area (Å²) in [5.41, 5.74) is 6.45. The first-order chi connectivity index (χ1) is 14.9. The lowest BCUT2D eigenvalue weighted by atomic mass is 10.1. The molecule has 8 nitrogen and oxygen atoms in total. The zero-order valence-corrected chi connectivity index (χ0v) is 15.6. The molecule has 8 heteroatoms. The van der Waals surface area contributed by atoms with E-state index in [-0.39, 0.29) is 0 Å². The lowest BCUT2D eigenvalue weighted by Gasteiger charge is -2.00. The van der Waals surface area contributed by atoms with Crippen LogP contribution in [0.1, 0.15) is 0 Å². The highest BCUT2D eigenvalue weighted by Gasteiger charge is 2.17. The van der Waals surface area contributed by atoms with E-state index in [1.54, 1.807) is 31.0 Å². The maximum Gasteiger partial charge on any atom is 0.159 e. The second kappa shape index (κ2) is 6.56. The maximum atomic E-state index is 4.81. The van der Waals surface area contributed by atoms with Crippen LogP contribution in [0.2, 0.25) is 0 Å². The van der Waals surface area contributed by atoms with Gasteiger partial charge in [0.1, 0.15) is 16.9 Å². The molecular formula is C22H14N8. The van der Waals surface area contributed by atoms with E-state index in [0.29, 0.717) is 5.82 Å². The molecule has 0 spiro atoms. The molecule has 0 unspecified atom stereocenters. The Hall–Kier alpha value is -4.46. The van der Waals surface area contributed by atoms with Crippen LogP contribution in [0.25, 0.3) is 56.1 Å². The summed E-state index contributed by atoms with van der Waals surface area (Å²) in [6.07, 6.45) is 8.81. The molecule has 6 aromatic rings. The number of rotatable bonds is 3. The predicted molar refractivity (Wildman–Crippen MR) is 113 cm³/mol. The molecule has 0 fully saturated rings. The molecule has 0 saturated heterocycles. The van der Waals surface area contributed by atoms with Gasteiger partial charge in [-0.05, 0) is 36.4 Å². The zero-order chi connectivity index (χ0) is 19.9. The number of nitrogens with zero attached hydrogens (tertiary/aromatic N) is 6. The van der Waals surface area contributed by atoms with Crippen molar-refractivity contribution < 1.29 is 0 Å². The molecule has 0 aliphatic rings. The third kappa shape index (κ3) is 2.62. The molecule has 30 heavy (non-hydrogen) atoms. The first-order valence-electron chi connectivity index (χ1n) is 9.38. The van der Waals surface area contributed by atoms with Crippen LogP contribution in [0.15, 0.2) is 73.4 Å². The molecule has 0 bridgehead atoms. The molecule has 0 radical (unpaired) electrons. The molecule has 6 heterocycles. The monoisotopic (exact) mass is 390 g/mol. The minimum absolute atomic E-state index is 0.657. The average molecular weight is 390 g/mol. The second-order valence-corrected chi connectivity index (χ2v) is 6.79. The molecule has 0 amide bonds. The van der Waals surface area contributed by atoms with E-state index in [4.69, 9.17) is 4.98 Å². The van der Waals surface area contributed by atoms with Crippen molar-refractivity contribution in [3.8, 4) is 34.2 Å². The van der Waals surface area contributed by atoms with Crippen LogP contribution in [0.3, 0.4) is 0 Å². The number of hydrogen-bond acceptors (Lipinski definition) is 6. The van der Waals surface area contributed by atoms with E-state index in [0.717, 1.165) is 50.3 Å². The van der Waals surface area contributed by atoms with Crippen LogP contribution in [0, 0.1) is 0 Å². The van der Waals surface area contributed by atoms with Crippen LogP contribution in [-0.2, 0) is 0 Å². The molecule has 0 atom stereocenters. The number of aromatic amines is 2. The van der Waals surface area contributed by atoms with Crippen molar-refractivity contribution >= 4 is 21.9 Å². The Morgan fingerprint density at radius 1 is 0.733 bits per heavy atom. The van der Waals surface area contributed by atoms with Gasteiger partial charge in [0.25, 0.3) is 0 Å². The molecule has 6 aromatic heterocycles. The highest BCUT2D eigenvalue weighted by atomic mass is 15.1. The van der Waals surface area contributed by atoms with Crippen molar-refractivity contribution in [3.05, 3.63) is 73.4 Å². The van der Waals surface area contributed by atoms with E-state index in [9.17, 15) is 0 Å². The lowest BCUT2D eigenvalue weighted by Crippen LogP contribution is -1.88. The van der Waals surface area contributed by atoms with Crippen molar-refractivity contribution in [3.63, 3.8) is 0 Å². The number of pyridine rings is 4. The molecule has 0 aromatic carbocycles. The highest BCUT2D eigenvalue weighted by molar-refractivity contribution is 5.96. The fourth-order valence-corrected chi connectivity index (χ4v) is 3.51. The minimum Gasteiger partial charge on any atom is -0.336 e. The summed E-state index contributed by atoms with van der Waals surface area (Å²) in [7, 11) is 0. The van der Waals surface area contributed by atoms with E-state index >= 15 is 0 Å². The third-order valence-corrected chi connectivity index (χ3v) is 4.94. The molecule has 0 aliphatic heterocycles. The fourth-order valence-electron chi connectivity index (χ4n) is 3.51. The van der Waals surface area contributed by atoms with Crippen molar-refractivity contribution in [1.82, 2.24) is 40.1 Å². The topological polar surface area (TPSA) is 109 Å². The number of H-pyrrole nitrogens is 2. The van der Waals surface area contributed by atoms with Crippen LogP contribution in [-0.4, -0.2) is 40.1 Å². The number of fused-ring (bicyclic) bond motifs is 2. The van der Waals surface area contributed by atoms with Crippen LogP contribution in [0.4, 0.5) is 0 Å². The second-order valence-electron chi connectivity index (χ2n) is 6.79. The Morgan fingerprint density at radius 3 is 2.60 bits per heavy atom. The quantitative estimate of drug-likeness (QED) is 0.472. The standard InChI is InChI=1S/C22H14N8/c1-2-8-24-15(5-1)20-21-16(6-9-25-20)27-22(28-21)19-14-10-17(13-4-3-7-23-11-13)26-12-18(14)29-30-19/h1-12H,(H,27,28)(H,29,30). The van der Waals surface area contributed by atoms with E-state index in [1.165, 1.54) is 0 Å². The van der Waals surface area contributed by atoms with Gasteiger partial charge in [-0.25, -0.2) is 4.98 Å². The fraction of sp³-hybridized carbons (Fsp3) is 0. The Bertz CT molecular complexity index is 1490. The molecule has 0 saturated carbocycles. The predicted octanol–water partition coefficient (Wildman–Crippen LogP) is 4.02. The lowest BCUT2D eigenvalue weighted by molar-refractivity contribution is 1.10. The summed E-state index contributed by atoms with van der Waals surface area (Å²) >= 11 is 0. The van der Waals surface area contributed by atoms with Crippen molar-refractivity contribution in [2.75, 3.05) is 0 Å². The summed E-state index contributed by atoms with van der Waals surface area (Å²) in [6.45, 7) is 0. The Morgan fingerprint density at radius 2 is 1.73 bits per heavy atom. The number of aromatic nitrogens is 8. The first kappa shape index (κ1) is 16.5. The van der Waals surface area contributed by atoms with E-state index in [2.05, 4.69) is 35.1 Å². The first-order valence-corrected chi connectivity index (χ1v) is 9.38. The number of nitrogens with one attached hydrogen (secondary N) is 2. The van der Waals surface area contributed by atoms with Gasteiger partial charge in [-0.1, -0.05) is 6.07 Å². The Balaban J connectivity index is 1.52. The summed E-state index contributed by atoms with van der Waals surface area (Å²) < 4.78 is 0. The van der Waals surface area contributed by atoms with Gasteiger partial charge in [0, 0.05) is 35.7 Å². The molecular weight excluding hydrogens is 376 g/mol. The van der Waals surface area contributed by atoms with Crippen molar-refractivity contribution in [1.29, 1.82) is 0 Å². The van der Waals surface area contributed by atoms with Crippen LogP contribution in [0.5, 0.6) is 0 Å². The SMILES string of the molecule is c1ccc(-c2nccc3[nH]c(-c4n[nH]c5cnc(-c6cccnc6)cc45)nc23)nc1. The van der Waals surface area contributed by atoms with Crippen LogP contribution < -0.4 is 0 Å². The number of imidazole rings is 1. The van der Waals surface area contributed by atoms with Crippen molar-refractivity contribution in [2.45, 2.75) is 0 Å². The van der Waals surface area contributed by atoms with Gasteiger partial charge in [-0.15, -0.1) is 0 Å². The van der Waals surface area contributed by atoms with E-state index in [1.807, 2.05) is 42.5 Å². The van der Waals surface area contributed by atoms with Crippen molar-refractivity contribution in [2.24, 2.45) is 0 Å². The largest absolute Gasteiger partial charge is 0.336 e. The average Bonchev–Trinajstić information content (AvgIpc) is 3.43. The summed E-state index contributed by atoms with van der Waals surface area (Å²) in [4.78, 5) is 25.8. The normalized spacial score (nSPS) is 11.3. The van der Waals surface area contributed by atoms with Gasteiger partial charge in [0.05, 0.1) is 28.6 Å². The minimum atomic E-state index is 0.657. The summed E-state index contributed by atoms with van der Waals surface area (Å²) in [5.74, 6) is 0.657. The molecule has 0 aliphatic carbocycles. The number of hydrogen-bond donors (Lipinski definition) is 2. The molecule has 2 N–H and O–H groups in total. The highest BCUT2D eigenvalue weighted by Crippen LogP contribution is 2.30. The van der Waals surface area contributed by atoms with Gasteiger partial charge in [-0.2, -0.15) is 5.10 Å². The molecule has 6 rings (SSSR count). The third-order valence-electron chi connectivity index (χ3n) is 4.94. The van der Waals surface area contributed by atoms with Crippen LogP contribution >= 0.6 is 0 Å². The maximum absolute atomic E-state index is 4.81. The van der Waals surface area contributed by atoms with Gasteiger partial charge < -0.3 is 4.98 Å². The van der Waals surface area contributed by atoms with E-state index < -0.39 is 0 Å². The summed E-state index contributed by atoms with van der Waals surface area (Å²) in [6, 6.07) is 13.5. The zero-order valence-electron chi connectivity index (χ0n) is 15.6. The van der Waals surface area contributed by atoms with Gasteiger partial charge >= 0.3 is 0 Å². The Kier molecular flexibility index (Phi) is 3.60. The van der Waals surface area contributed by atoms with Gasteiger partial charge in [0.15, 0.2) is 5.82 Å². The molecule has 142 valence electrons. The summed E-state index contributed by atoms with van der Waals surface area (Å²) in [5, 5.41) is 8.45. The smallest absolute Gasteiger partial charge is 0.159 e.